The molecule has 132 valence electrons. The SMILES string of the molecule is CCCC(=O)NCC(=O)N1CCN(c2ccccc2OCC)CC1. The summed E-state index contributed by atoms with van der Waals surface area (Å²) in [6.45, 7) is 7.48. The van der Waals surface area contributed by atoms with Crippen molar-refractivity contribution in [2.75, 3.05) is 44.2 Å². The lowest BCUT2D eigenvalue weighted by atomic mass is 10.2. The second-order valence-electron chi connectivity index (χ2n) is 5.80. The smallest absolute Gasteiger partial charge is 0.242 e. The van der Waals surface area contributed by atoms with Gasteiger partial charge in [-0.3, -0.25) is 9.59 Å². The number of amides is 2. The third kappa shape index (κ3) is 4.88. The molecule has 1 aliphatic rings. The number of para-hydroxylation sites is 2. The van der Waals surface area contributed by atoms with Crippen molar-refractivity contribution in [1.29, 1.82) is 0 Å². The summed E-state index contributed by atoms with van der Waals surface area (Å²) in [4.78, 5) is 27.7. The summed E-state index contributed by atoms with van der Waals surface area (Å²) in [5.41, 5.74) is 1.07. The molecule has 6 heteroatoms. The van der Waals surface area contributed by atoms with Gasteiger partial charge < -0.3 is 19.9 Å². The molecule has 1 N–H and O–H groups in total. The Morgan fingerprint density at radius 1 is 1.12 bits per heavy atom. The minimum absolute atomic E-state index is 0.0165. The van der Waals surface area contributed by atoms with Gasteiger partial charge in [-0.15, -0.1) is 0 Å². The maximum Gasteiger partial charge on any atom is 0.242 e. The molecule has 0 atom stereocenters. The maximum atomic E-state index is 12.2. The number of nitrogens with one attached hydrogen (secondary N) is 1. The number of hydrogen-bond donors (Lipinski definition) is 1. The second kappa shape index (κ2) is 9.15. The number of carbonyl (C=O) groups excluding carboxylic acids is 2. The predicted molar refractivity (Wildman–Crippen MR) is 94.3 cm³/mol. The van der Waals surface area contributed by atoms with Crippen LogP contribution in [0.1, 0.15) is 26.7 Å². The summed E-state index contributed by atoms with van der Waals surface area (Å²) in [5, 5.41) is 2.69. The number of nitrogens with zero attached hydrogens (tertiary/aromatic N) is 2. The Labute approximate surface area is 143 Å². The molecule has 0 radical (unpaired) electrons. The summed E-state index contributed by atoms with van der Waals surface area (Å²) in [5.74, 6) is 0.805. The Morgan fingerprint density at radius 2 is 1.83 bits per heavy atom. The van der Waals surface area contributed by atoms with Crippen molar-refractivity contribution >= 4 is 17.5 Å². The molecule has 2 rings (SSSR count). The van der Waals surface area contributed by atoms with Crippen molar-refractivity contribution in [2.45, 2.75) is 26.7 Å². The highest BCUT2D eigenvalue weighted by Crippen LogP contribution is 2.28. The number of ether oxygens (including phenoxy) is 1. The molecule has 1 aromatic rings. The zero-order valence-corrected chi connectivity index (χ0v) is 14.6. The zero-order chi connectivity index (χ0) is 17.4. The van der Waals surface area contributed by atoms with E-state index in [1.165, 1.54) is 0 Å². The summed E-state index contributed by atoms with van der Waals surface area (Å²) in [6, 6.07) is 7.99. The molecule has 2 amide bonds. The normalized spacial score (nSPS) is 14.4. The van der Waals surface area contributed by atoms with Gasteiger partial charge in [0.25, 0.3) is 0 Å². The van der Waals surface area contributed by atoms with E-state index in [0.29, 0.717) is 26.1 Å². The van der Waals surface area contributed by atoms with E-state index in [0.717, 1.165) is 30.9 Å². The van der Waals surface area contributed by atoms with Gasteiger partial charge in [0.2, 0.25) is 11.8 Å². The number of benzene rings is 1. The van der Waals surface area contributed by atoms with E-state index in [2.05, 4.69) is 10.2 Å². The lowest BCUT2D eigenvalue weighted by Crippen LogP contribution is -2.51. The maximum absolute atomic E-state index is 12.2. The minimum Gasteiger partial charge on any atom is -0.492 e. The van der Waals surface area contributed by atoms with Crippen LogP contribution in [0.3, 0.4) is 0 Å². The minimum atomic E-state index is -0.0601. The first-order valence-corrected chi connectivity index (χ1v) is 8.67. The summed E-state index contributed by atoms with van der Waals surface area (Å²) in [6.07, 6.45) is 1.26. The van der Waals surface area contributed by atoms with E-state index in [1.807, 2.05) is 43.0 Å². The van der Waals surface area contributed by atoms with E-state index < -0.39 is 0 Å². The van der Waals surface area contributed by atoms with E-state index in [-0.39, 0.29) is 18.4 Å². The number of hydrogen-bond acceptors (Lipinski definition) is 4. The van der Waals surface area contributed by atoms with Gasteiger partial charge in [-0.2, -0.15) is 0 Å². The number of piperazine rings is 1. The first-order valence-electron chi connectivity index (χ1n) is 8.67. The molecule has 0 aliphatic carbocycles. The van der Waals surface area contributed by atoms with Crippen molar-refractivity contribution in [1.82, 2.24) is 10.2 Å². The van der Waals surface area contributed by atoms with Crippen LogP contribution in [0.2, 0.25) is 0 Å². The van der Waals surface area contributed by atoms with Crippen molar-refractivity contribution in [3.8, 4) is 5.75 Å². The molecule has 0 aromatic heterocycles. The highest BCUT2D eigenvalue weighted by molar-refractivity contribution is 5.84. The highest BCUT2D eigenvalue weighted by atomic mass is 16.5. The lowest BCUT2D eigenvalue weighted by Gasteiger charge is -2.36. The third-order valence-electron chi connectivity index (χ3n) is 4.05. The van der Waals surface area contributed by atoms with Crippen molar-refractivity contribution < 1.29 is 14.3 Å². The van der Waals surface area contributed by atoms with Crippen LogP contribution in [0, 0.1) is 0 Å². The fourth-order valence-corrected chi connectivity index (χ4v) is 2.79. The van der Waals surface area contributed by atoms with Crippen LogP contribution in [-0.4, -0.2) is 56.0 Å². The Morgan fingerprint density at radius 3 is 2.50 bits per heavy atom. The molecular weight excluding hydrogens is 306 g/mol. The molecule has 1 heterocycles. The van der Waals surface area contributed by atoms with Crippen LogP contribution in [-0.2, 0) is 9.59 Å². The number of carbonyl (C=O) groups is 2. The fourth-order valence-electron chi connectivity index (χ4n) is 2.79. The van der Waals surface area contributed by atoms with Crippen LogP contribution in [0.25, 0.3) is 0 Å². The van der Waals surface area contributed by atoms with Crippen molar-refractivity contribution in [2.24, 2.45) is 0 Å². The van der Waals surface area contributed by atoms with Crippen molar-refractivity contribution in [3.05, 3.63) is 24.3 Å². The van der Waals surface area contributed by atoms with Crippen LogP contribution in [0.4, 0.5) is 5.69 Å². The van der Waals surface area contributed by atoms with E-state index in [9.17, 15) is 9.59 Å². The predicted octanol–water partition coefficient (Wildman–Crippen LogP) is 1.65. The van der Waals surface area contributed by atoms with Crippen LogP contribution in [0.5, 0.6) is 5.75 Å². The summed E-state index contributed by atoms with van der Waals surface area (Å²) < 4.78 is 5.68. The Kier molecular flexibility index (Phi) is 6.90. The highest BCUT2D eigenvalue weighted by Gasteiger charge is 2.22. The Hall–Kier alpha value is -2.24. The molecule has 0 unspecified atom stereocenters. The van der Waals surface area contributed by atoms with E-state index >= 15 is 0 Å². The Bertz CT molecular complexity index is 554. The van der Waals surface area contributed by atoms with E-state index in [4.69, 9.17) is 4.74 Å². The van der Waals surface area contributed by atoms with E-state index in [1.54, 1.807) is 0 Å². The van der Waals surface area contributed by atoms with Gasteiger partial charge in [0.15, 0.2) is 0 Å². The Balaban J connectivity index is 1.85. The van der Waals surface area contributed by atoms with Gasteiger partial charge in [-0.1, -0.05) is 19.1 Å². The van der Waals surface area contributed by atoms with Crippen LogP contribution < -0.4 is 15.0 Å². The average Bonchev–Trinajstić information content (AvgIpc) is 2.61. The molecular formula is C18H27N3O3. The molecule has 6 nitrogen and oxygen atoms in total. The van der Waals surface area contributed by atoms with Gasteiger partial charge >= 0.3 is 0 Å². The molecule has 0 bridgehead atoms. The molecule has 1 saturated heterocycles. The second-order valence-corrected chi connectivity index (χ2v) is 5.80. The van der Waals surface area contributed by atoms with Crippen LogP contribution in [0.15, 0.2) is 24.3 Å². The topological polar surface area (TPSA) is 61.9 Å². The first kappa shape index (κ1) is 18.1. The van der Waals surface area contributed by atoms with Gasteiger partial charge in [0, 0.05) is 32.6 Å². The van der Waals surface area contributed by atoms with Gasteiger partial charge in [0.05, 0.1) is 18.8 Å². The van der Waals surface area contributed by atoms with Gasteiger partial charge in [0.1, 0.15) is 5.75 Å². The average molecular weight is 333 g/mol. The standard InChI is InChI=1S/C18H27N3O3/c1-3-7-17(22)19-14-18(23)21-12-10-20(11-13-21)15-8-5-6-9-16(15)24-4-2/h5-6,8-9H,3-4,7,10-14H2,1-2H3,(H,19,22). The molecule has 1 fully saturated rings. The molecule has 0 saturated carbocycles. The van der Waals surface area contributed by atoms with Gasteiger partial charge in [-0.25, -0.2) is 0 Å². The molecule has 1 aliphatic heterocycles. The molecule has 24 heavy (non-hydrogen) atoms. The lowest BCUT2D eigenvalue weighted by molar-refractivity contribution is -0.133. The summed E-state index contributed by atoms with van der Waals surface area (Å²) >= 11 is 0. The monoisotopic (exact) mass is 333 g/mol. The fraction of sp³-hybridized carbons (Fsp3) is 0.556. The zero-order valence-electron chi connectivity index (χ0n) is 14.6. The first-order chi connectivity index (χ1) is 11.7. The largest absolute Gasteiger partial charge is 0.492 e. The number of rotatable bonds is 7. The molecule has 0 spiro atoms. The number of anilines is 1. The third-order valence-corrected chi connectivity index (χ3v) is 4.05. The summed E-state index contributed by atoms with van der Waals surface area (Å²) in [7, 11) is 0. The molecule has 1 aromatic carbocycles. The van der Waals surface area contributed by atoms with Gasteiger partial charge in [-0.05, 0) is 25.5 Å². The quantitative estimate of drug-likeness (QED) is 0.824. The van der Waals surface area contributed by atoms with Crippen molar-refractivity contribution in [3.63, 3.8) is 0 Å². The van der Waals surface area contributed by atoms with Crippen LogP contribution >= 0.6 is 0 Å².